The lowest BCUT2D eigenvalue weighted by Gasteiger charge is -2.39. The monoisotopic (exact) mass is 474 g/mol. The van der Waals surface area contributed by atoms with Crippen molar-refractivity contribution in [1.29, 1.82) is 0 Å². The zero-order chi connectivity index (χ0) is 18.0. The normalized spacial score (nSPS) is 17.9. The Kier molecular flexibility index (Phi) is 11.2. The molecule has 1 aromatic carbocycles. The molecule has 1 aromatic rings. The van der Waals surface area contributed by atoms with E-state index in [1.54, 1.807) is 0 Å². The highest BCUT2D eigenvalue weighted by Crippen LogP contribution is 2.25. The van der Waals surface area contributed by atoms with Crippen LogP contribution in [0.1, 0.15) is 51.6 Å². The minimum atomic E-state index is -0.0118. The molecule has 2 rings (SSSR count). The minimum absolute atomic E-state index is 0. The van der Waals surface area contributed by atoms with Gasteiger partial charge < -0.3 is 20.7 Å². The number of rotatable bonds is 8. The van der Waals surface area contributed by atoms with Gasteiger partial charge in [0.15, 0.2) is 5.96 Å². The van der Waals surface area contributed by atoms with Crippen LogP contribution in [0.15, 0.2) is 35.3 Å². The number of aliphatic imine (C=N–C) groups is 1. The number of hydrogen-bond acceptors (Lipinski definition) is 3. The summed E-state index contributed by atoms with van der Waals surface area (Å²) in [5.74, 6) is 0.907. The molecular weight excluding hydrogens is 439 g/mol. The van der Waals surface area contributed by atoms with Crippen LogP contribution < -0.4 is 16.0 Å². The van der Waals surface area contributed by atoms with Crippen LogP contribution in [0.4, 0.5) is 0 Å². The molecule has 1 heterocycles. The van der Waals surface area contributed by atoms with Gasteiger partial charge in [-0.1, -0.05) is 37.3 Å². The van der Waals surface area contributed by atoms with E-state index in [0.717, 1.165) is 58.1 Å². The first kappa shape index (κ1) is 23.2. The number of guanidine groups is 1. The first-order valence-electron chi connectivity index (χ1n) is 9.61. The molecule has 1 fully saturated rings. The van der Waals surface area contributed by atoms with Crippen LogP contribution in [0.25, 0.3) is 0 Å². The Morgan fingerprint density at radius 1 is 1.15 bits per heavy atom. The van der Waals surface area contributed by atoms with Gasteiger partial charge in [0.2, 0.25) is 0 Å². The highest BCUT2D eigenvalue weighted by molar-refractivity contribution is 14.0. The molecule has 0 aromatic heterocycles. The fourth-order valence-electron chi connectivity index (χ4n) is 3.21. The molecule has 0 amide bonds. The second kappa shape index (κ2) is 12.5. The van der Waals surface area contributed by atoms with E-state index >= 15 is 0 Å². The van der Waals surface area contributed by atoms with E-state index in [1.807, 2.05) is 0 Å². The quantitative estimate of drug-likeness (QED) is 0.307. The summed E-state index contributed by atoms with van der Waals surface area (Å²) in [6.07, 6.45) is 3.06. The summed E-state index contributed by atoms with van der Waals surface area (Å²) >= 11 is 0. The van der Waals surface area contributed by atoms with Crippen molar-refractivity contribution >= 4 is 29.9 Å². The summed E-state index contributed by atoms with van der Waals surface area (Å²) in [4.78, 5) is 4.87. The van der Waals surface area contributed by atoms with E-state index < -0.39 is 0 Å². The summed E-state index contributed by atoms with van der Waals surface area (Å²) < 4.78 is 5.61. The molecule has 1 aliphatic rings. The van der Waals surface area contributed by atoms with E-state index in [2.05, 4.69) is 67.1 Å². The second-order valence-electron chi connectivity index (χ2n) is 6.79. The van der Waals surface area contributed by atoms with Gasteiger partial charge in [0.1, 0.15) is 0 Å². The third-order valence-electron chi connectivity index (χ3n) is 4.70. The van der Waals surface area contributed by atoms with Crippen molar-refractivity contribution in [3.8, 4) is 0 Å². The Labute approximate surface area is 175 Å². The molecule has 148 valence electrons. The first-order valence-corrected chi connectivity index (χ1v) is 9.61. The Hall–Kier alpha value is -0.860. The third kappa shape index (κ3) is 7.40. The lowest BCUT2D eigenvalue weighted by Crippen LogP contribution is -2.53. The van der Waals surface area contributed by atoms with E-state index in [0.29, 0.717) is 6.04 Å². The van der Waals surface area contributed by atoms with E-state index in [9.17, 15) is 0 Å². The van der Waals surface area contributed by atoms with E-state index in [4.69, 9.17) is 9.73 Å². The maximum absolute atomic E-state index is 5.61. The van der Waals surface area contributed by atoms with E-state index in [1.165, 1.54) is 5.56 Å². The van der Waals surface area contributed by atoms with Gasteiger partial charge in [0.25, 0.3) is 0 Å². The van der Waals surface area contributed by atoms with E-state index in [-0.39, 0.29) is 29.5 Å². The molecule has 5 nitrogen and oxygen atoms in total. The van der Waals surface area contributed by atoms with Crippen molar-refractivity contribution in [3.05, 3.63) is 35.9 Å². The molecule has 3 N–H and O–H groups in total. The lowest BCUT2D eigenvalue weighted by atomic mass is 9.88. The number of hydrogen-bond donors (Lipinski definition) is 3. The molecule has 1 saturated heterocycles. The van der Waals surface area contributed by atoms with Gasteiger partial charge >= 0.3 is 0 Å². The number of ether oxygens (including phenoxy) is 1. The fraction of sp³-hybridized carbons (Fsp3) is 0.650. The van der Waals surface area contributed by atoms with Crippen molar-refractivity contribution in [2.75, 3.05) is 32.8 Å². The smallest absolute Gasteiger partial charge is 0.191 e. The predicted molar refractivity (Wildman–Crippen MR) is 120 cm³/mol. The van der Waals surface area contributed by atoms with Gasteiger partial charge in [0, 0.05) is 37.9 Å². The number of nitrogens with one attached hydrogen (secondary N) is 3. The largest absolute Gasteiger partial charge is 0.381 e. The summed E-state index contributed by atoms with van der Waals surface area (Å²) in [5, 5.41) is 10.6. The Morgan fingerprint density at radius 2 is 1.85 bits per heavy atom. The van der Waals surface area contributed by atoms with Gasteiger partial charge in [-0.05, 0) is 38.7 Å². The molecular formula is C20H35IN4O. The molecule has 1 atom stereocenters. The topological polar surface area (TPSA) is 57.7 Å². The minimum Gasteiger partial charge on any atom is -0.381 e. The summed E-state index contributed by atoms with van der Waals surface area (Å²) in [6, 6.07) is 10.9. The fourth-order valence-corrected chi connectivity index (χ4v) is 3.21. The Balaban J connectivity index is 0.00000338. The molecule has 0 spiro atoms. The zero-order valence-electron chi connectivity index (χ0n) is 16.4. The highest BCUT2D eigenvalue weighted by atomic mass is 127. The average Bonchev–Trinajstić information content (AvgIpc) is 2.65. The summed E-state index contributed by atoms with van der Waals surface area (Å²) in [6.45, 7) is 10.7. The molecule has 0 bridgehead atoms. The molecule has 26 heavy (non-hydrogen) atoms. The van der Waals surface area contributed by atoms with Crippen molar-refractivity contribution in [3.63, 3.8) is 0 Å². The molecule has 1 aliphatic heterocycles. The van der Waals surface area contributed by atoms with Gasteiger partial charge in [-0.3, -0.25) is 4.99 Å². The van der Waals surface area contributed by atoms with Crippen LogP contribution in [0.2, 0.25) is 0 Å². The Morgan fingerprint density at radius 3 is 2.46 bits per heavy atom. The maximum atomic E-state index is 5.61. The molecule has 0 radical (unpaired) electrons. The van der Waals surface area contributed by atoms with Crippen LogP contribution in [-0.2, 0) is 4.74 Å². The van der Waals surface area contributed by atoms with Crippen molar-refractivity contribution in [2.24, 2.45) is 4.99 Å². The Bertz CT molecular complexity index is 518. The number of benzene rings is 1. The highest BCUT2D eigenvalue weighted by Gasteiger charge is 2.33. The number of nitrogens with zero attached hydrogens (tertiary/aromatic N) is 1. The maximum Gasteiger partial charge on any atom is 0.191 e. The summed E-state index contributed by atoms with van der Waals surface area (Å²) in [5.41, 5.74) is 1.30. The van der Waals surface area contributed by atoms with Crippen molar-refractivity contribution in [1.82, 2.24) is 16.0 Å². The standard InChI is InChI=1S/C20H34N4O.HI/c1-4-13-22-19(21-5-2)23-16-20(11-14-25-15-12-20)24-17(3)18-9-7-6-8-10-18;/h6-10,17,24H,4-5,11-16H2,1-3H3,(H2,21,22,23);1H. The zero-order valence-corrected chi connectivity index (χ0v) is 18.7. The molecule has 0 aliphatic carbocycles. The molecule has 0 saturated carbocycles. The molecule has 1 unspecified atom stereocenters. The SMILES string of the molecule is CCCNC(=NCC1(NC(C)c2ccccc2)CCOCC1)NCC.I. The van der Waals surface area contributed by atoms with Gasteiger partial charge in [-0.15, -0.1) is 24.0 Å². The third-order valence-corrected chi connectivity index (χ3v) is 4.70. The lowest BCUT2D eigenvalue weighted by molar-refractivity contribution is 0.0374. The van der Waals surface area contributed by atoms with Crippen LogP contribution in [0.5, 0.6) is 0 Å². The van der Waals surface area contributed by atoms with Crippen LogP contribution in [-0.4, -0.2) is 44.3 Å². The van der Waals surface area contributed by atoms with Crippen LogP contribution >= 0.6 is 24.0 Å². The number of halogens is 1. The predicted octanol–water partition coefficient (Wildman–Crippen LogP) is 3.47. The van der Waals surface area contributed by atoms with Crippen molar-refractivity contribution < 1.29 is 4.74 Å². The van der Waals surface area contributed by atoms with Crippen LogP contribution in [0, 0.1) is 0 Å². The van der Waals surface area contributed by atoms with Crippen LogP contribution in [0.3, 0.4) is 0 Å². The average molecular weight is 474 g/mol. The first-order chi connectivity index (χ1) is 12.2. The van der Waals surface area contributed by atoms with Crippen molar-refractivity contribution in [2.45, 2.75) is 51.6 Å². The van der Waals surface area contributed by atoms with Gasteiger partial charge in [-0.25, -0.2) is 0 Å². The summed E-state index contributed by atoms with van der Waals surface area (Å²) in [7, 11) is 0. The molecule has 6 heteroatoms. The van der Waals surface area contributed by atoms with Gasteiger partial charge in [-0.2, -0.15) is 0 Å². The second-order valence-corrected chi connectivity index (χ2v) is 6.79. The van der Waals surface area contributed by atoms with Gasteiger partial charge in [0.05, 0.1) is 6.54 Å².